The van der Waals surface area contributed by atoms with Crippen LogP contribution in [0.2, 0.25) is 0 Å². The molecule has 0 unspecified atom stereocenters. The highest BCUT2D eigenvalue weighted by molar-refractivity contribution is 5.73. The van der Waals surface area contributed by atoms with E-state index in [1.807, 2.05) is 45.0 Å². The Morgan fingerprint density at radius 1 is 0.846 bits per heavy atom. The van der Waals surface area contributed by atoms with Crippen LogP contribution in [0.5, 0.6) is 0 Å². The number of rotatable bonds is 9. The van der Waals surface area contributed by atoms with Crippen LogP contribution in [-0.4, -0.2) is 55.2 Å². The Kier molecular flexibility index (Phi) is 10.4. The molecule has 3 fully saturated rings. The van der Waals surface area contributed by atoms with Gasteiger partial charge in [-0.3, -0.25) is 14.4 Å². The Balaban J connectivity index is 1.59. The summed E-state index contributed by atoms with van der Waals surface area (Å²) >= 11 is 0. The van der Waals surface area contributed by atoms with Gasteiger partial charge in [-0.2, -0.15) is 0 Å². The van der Waals surface area contributed by atoms with E-state index in [1.165, 1.54) is 0 Å². The van der Waals surface area contributed by atoms with Crippen LogP contribution in [-0.2, 0) is 42.8 Å². The zero-order valence-electron chi connectivity index (χ0n) is 23.5. The van der Waals surface area contributed by atoms with Crippen molar-refractivity contribution in [1.82, 2.24) is 0 Å². The van der Waals surface area contributed by atoms with Crippen LogP contribution in [0.3, 0.4) is 0 Å². The summed E-state index contributed by atoms with van der Waals surface area (Å²) in [5, 5.41) is 0. The number of hydrogen-bond acceptors (Lipinski definition) is 9. The van der Waals surface area contributed by atoms with Crippen LogP contribution < -0.4 is 0 Å². The molecule has 9 heteroatoms. The topological polar surface area (TPSA) is 107 Å². The lowest BCUT2D eigenvalue weighted by molar-refractivity contribution is -0.357. The second-order valence-electron chi connectivity index (χ2n) is 11.0. The molecule has 1 aliphatic carbocycles. The zero-order chi connectivity index (χ0) is 27.9. The summed E-state index contributed by atoms with van der Waals surface area (Å²) in [5.74, 6) is -1.01. The maximum Gasteiger partial charge on any atom is 0.311 e. The predicted molar refractivity (Wildman–Crippen MR) is 140 cm³/mol. The van der Waals surface area contributed by atoms with Crippen molar-refractivity contribution in [2.75, 3.05) is 6.61 Å². The van der Waals surface area contributed by atoms with Gasteiger partial charge in [-0.05, 0) is 51.4 Å². The molecular formula is C30H42O9. The Bertz CT molecular complexity index is 969. The number of carbonyl (C=O) groups excluding carboxylic acids is 3. The number of aryl methyl sites for hydroxylation is 1. The molecule has 0 aromatic heterocycles. The van der Waals surface area contributed by atoms with Crippen molar-refractivity contribution in [3.8, 4) is 0 Å². The number of benzene rings is 1. The van der Waals surface area contributed by atoms with E-state index in [2.05, 4.69) is 6.92 Å². The maximum atomic E-state index is 13.2. The van der Waals surface area contributed by atoms with Crippen molar-refractivity contribution in [2.45, 2.75) is 116 Å². The average molecular weight is 547 g/mol. The molecule has 2 saturated heterocycles. The molecule has 4 rings (SSSR count). The summed E-state index contributed by atoms with van der Waals surface area (Å²) in [5.41, 5.74) is 1.90. The molecule has 39 heavy (non-hydrogen) atoms. The molecule has 3 aliphatic rings. The third kappa shape index (κ3) is 7.58. The molecule has 6 atom stereocenters. The van der Waals surface area contributed by atoms with Crippen LogP contribution in [0.1, 0.15) is 89.6 Å². The first-order valence-corrected chi connectivity index (χ1v) is 14.4. The summed E-state index contributed by atoms with van der Waals surface area (Å²) in [6.45, 7) is 8.03. The molecule has 2 aliphatic heterocycles. The molecule has 9 nitrogen and oxygen atoms in total. The largest absolute Gasteiger partial charge is 0.455 e. The maximum absolute atomic E-state index is 13.2. The zero-order valence-corrected chi connectivity index (χ0v) is 23.5. The first-order chi connectivity index (χ1) is 18.8. The van der Waals surface area contributed by atoms with Crippen molar-refractivity contribution in [2.24, 2.45) is 11.8 Å². The second kappa shape index (κ2) is 13.7. The van der Waals surface area contributed by atoms with Gasteiger partial charge >= 0.3 is 17.9 Å². The van der Waals surface area contributed by atoms with Gasteiger partial charge in [-0.1, -0.05) is 50.6 Å². The van der Waals surface area contributed by atoms with E-state index in [1.54, 1.807) is 0 Å². The van der Waals surface area contributed by atoms with Gasteiger partial charge in [0.15, 0.2) is 12.4 Å². The van der Waals surface area contributed by atoms with E-state index in [4.69, 9.17) is 28.4 Å². The summed E-state index contributed by atoms with van der Waals surface area (Å²) in [4.78, 5) is 38.6. The smallest absolute Gasteiger partial charge is 0.311 e. The minimum Gasteiger partial charge on any atom is -0.455 e. The van der Waals surface area contributed by atoms with Gasteiger partial charge in [0.2, 0.25) is 12.4 Å². The van der Waals surface area contributed by atoms with Gasteiger partial charge in [-0.25, -0.2) is 0 Å². The average Bonchev–Trinajstić information content (AvgIpc) is 2.91. The third-order valence-electron chi connectivity index (χ3n) is 7.66. The number of fused-ring (bicyclic) bond motifs is 1. The van der Waals surface area contributed by atoms with Gasteiger partial charge in [0.25, 0.3) is 0 Å². The molecule has 0 N–H and O–H groups in total. The van der Waals surface area contributed by atoms with E-state index in [0.717, 1.165) is 36.8 Å². The van der Waals surface area contributed by atoms with E-state index < -0.39 is 54.9 Å². The molecular weight excluding hydrogens is 504 g/mol. The lowest BCUT2D eigenvalue weighted by atomic mass is 9.83. The first kappa shape index (κ1) is 29.5. The van der Waals surface area contributed by atoms with Crippen molar-refractivity contribution in [1.29, 1.82) is 0 Å². The quantitative estimate of drug-likeness (QED) is 0.315. The van der Waals surface area contributed by atoms with E-state index in [9.17, 15) is 14.4 Å². The van der Waals surface area contributed by atoms with Crippen LogP contribution in [0.25, 0.3) is 0 Å². The van der Waals surface area contributed by atoms with Crippen molar-refractivity contribution < 1.29 is 42.8 Å². The summed E-state index contributed by atoms with van der Waals surface area (Å²) in [7, 11) is 0. The lowest BCUT2D eigenvalue weighted by Crippen LogP contribution is -2.64. The molecule has 216 valence electrons. The van der Waals surface area contributed by atoms with Gasteiger partial charge in [0, 0.05) is 18.4 Å². The van der Waals surface area contributed by atoms with Crippen LogP contribution in [0.15, 0.2) is 24.3 Å². The fraction of sp³-hybridized carbons (Fsp3) is 0.700. The molecule has 0 radical (unpaired) electrons. The molecule has 1 saturated carbocycles. The lowest BCUT2D eigenvalue weighted by Gasteiger charge is -2.48. The first-order valence-electron chi connectivity index (χ1n) is 14.4. The summed E-state index contributed by atoms with van der Waals surface area (Å²) in [6, 6.07) is 7.75. The van der Waals surface area contributed by atoms with E-state index in [0.29, 0.717) is 18.8 Å². The minimum atomic E-state index is -1.25. The Hall–Kier alpha value is -2.49. The number of esters is 3. The fourth-order valence-electron chi connectivity index (χ4n) is 5.33. The Labute approximate surface area is 230 Å². The van der Waals surface area contributed by atoms with Gasteiger partial charge < -0.3 is 28.4 Å². The highest BCUT2D eigenvalue weighted by atomic mass is 16.8. The SMILES string of the molecule is CCCC(=O)O[C@@H]1[C@@H](OC(=O)CCC)[C@H](OC(=O)C2CCC(C)CC2)O[C@@H]2CO[C@@H](c3ccc(C)cc3)O[C@@H]12. The van der Waals surface area contributed by atoms with Gasteiger partial charge in [-0.15, -0.1) is 0 Å². The number of carbonyl (C=O) groups is 3. The Morgan fingerprint density at radius 2 is 1.46 bits per heavy atom. The Morgan fingerprint density at radius 3 is 2.08 bits per heavy atom. The fourth-order valence-corrected chi connectivity index (χ4v) is 5.33. The highest BCUT2D eigenvalue weighted by Gasteiger charge is 2.55. The standard InChI is InChI=1S/C30H42O9/c1-5-7-23(31)36-26-25-22(17-34-29(38-25)21-15-11-19(4)12-16-21)35-30(27(26)37-24(32)8-6-2)39-28(33)20-13-9-18(3)10-14-20/h11-12,15-16,18,20,22,25-27,29-30H,5-10,13-14,17H2,1-4H3/t18?,20?,22-,25-,26+,27-,29-,30+/m1/s1. The van der Waals surface area contributed by atoms with E-state index >= 15 is 0 Å². The molecule has 0 amide bonds. The number of ether oxygens (including phenoxy) is 6. The van der Waals surface area contributed by atoms with Gasteiger partial charge in [0.1, 0.15) is 12.2 Å². The molecule has 1 aromatic rings. The molecule has 1 aromatic carbocycles. The second-order valence-corrected chi connectivity index (χ2v) is 11.0. The summed E-state index contributed by atoms with van der Waals surface area (Å²) < 4.78 is 36.0. The van der Waals surface area contributed by atoms with Crippen molar-refractivity contribution in [3.05, 3.63) is 35.4 Å². The van der Waals surface area contributed by atoms with Crippen LogP contribution >= 0.6 is 0 Å². The molecule has 0 bridgehead atoms. The third-order valence-corrected chi connectivity index (χ3v) is 7.66. The van der Waals surface area contributed by atoms with Crippen LogP contribution in [0.4, 0.5) is 0 Å². The van der Waals surface area contributed by atoms with Crippen molar-refractivity contribution in [3.63, 3.8) is 0 Å². The monoisotopic (exact) mass is 546 g/mol. The van der Waals surface area contributed by atoms with Crippen LogP contribution in [0, 0.1) is 18.8 Å². The minimum absolute atomic E-state index is 0.121. The molecule has 0 spiro atoms. The predicted octanol–water partition coefficient (Wildman–Crippen LogP) is 4.93. The molecule has 2 heterocycles. The normalized spacial score (nSPS) is 32.5. The summed E-state index contributed by atoms with van der Waals surface area (Å²) in [6.07, 6.45) is -0.796. The highest BCUT2D eigenvalue weighted by Crippen LogP contribution is 2.38. The van der Waals surface area contributed by atoms with Crippen molar-refractivity contribution >= 4 is 17.9 Å². The number of hydrogen-bond donors (Lipinski definition) is 0. The van der Waals surface area contributed by atoms with E-state index in [-0.39, 0.29) is 25.4 Å². The van der Waals surface area contributed by atoms with Gasteiger partial charge in [0.05, 0.1) is 12.5 Å².